The molecule has 0 saturated heterocycles. The molecule has 0 spiro atoms. The second kappa shape index (κ2) is 13.8. The normalized spacial score (nSPS) is 11.3. The van der Waals surface area contributed by atoms with E-state index in [1.807, 2.05) is 6.08 Å². The molecule has 0 aliphatic heterocycles. The molecule has 0 aliphatic rings. The van der Waals surface area contributed by atoms with Crippen molar-refractivity contribution in [2.75, 3.05) is 10.3 Å². The Kier molecular flexibility index (Phi) is 14.5. The van der Waals surface area contributed by atoms with Gasteiger partial charge in [-0.1, -0.05) is 66.8 Å². The summed E-state index contributed by atoms with van der Waals surface area (Å²) in [4.78, 5) is 0. The van der Waals surface area contributed by atoms with E-state index >= 15 is 0 Å². The van der Waals surface area contributed by atoms with Gasteiger partial charge in [0.1, 0.15) is 0 Å². The van der Waals surface area contributed by atoms with E-state index in [2.05, 4.69) is 28.7 Å². The predicted octanol–water partition coefficient (Wildman–Crippen LogP) is 5.34. The minimum Gasteiger partial charge on any atom is -0.122 e. The van der Waals surface area contributed by atoms with E-state index in [9.17, 15) is 0 Å². The monoisotopic (exact) mass is 328 g/mol. The van der Waals surface area contributed by atoms with Crippen LogP contribution in [0, 0.1) is 0 Å². The summed E-state index contributed by atoms with van der Waals surface area (Å²) < 4.78 is 1.32. The number of alkyl halides is 2. The van der Waals surface area contributed by atoms with Crippen LogP contribution in [0.5, 0.6) is 0 Å². The number of unbranched alkanes of at least 4 members (excludes halogenated alkanes) is 7. The molecule has 0 bridgehead atoms. The smallest absolute Gasteiger partial charge is 0.0404 e. The maximum atomic E-state index is 5.53. The van der Waals surface area contributed by atoms with E-state index in [0.29, 0.717) is 5.88 Å². The number of allylic oxidation sites excluding steroid dienone is 2. The standard InChI is InChI=1S/C12H22ClI/c13-11-9-7-5-3-1-2-4-6-8-10-12-14/h7,9H,1-6,8,10-12H2. The third-order valence-corrected chi connectivity index (χ3v) is 3.20. The van der Waals surface area contributed by atoms with Crippen LogP contribution >= 0.6 is 34.2 Å². The van der Waals surface area contributed by atoms with Crippen LogP contribution in [0.25, 0.3) is 0 Å². The third-order valence-electron chi connectivity index (χ3n) is 2.26. The Balaban J connectivity index is 2.88. The summed E-state index contributed by atoms with van der Waals surface area (Å²) in [5.41, 5.74) is 0. The SMILES string of the molecule is ClCC=CCCCCCCCCCI. The molecular formula is C12H22ClI. The summed E-state index contributed by atoms with van der Waals surface area (Å²) in [6.45, 7) is 0. The van der Waals surface area contributed by atoms with Crippen molar-refractivity contribution in [3.05, 3.63) is 12.2 Å². The first-order valence-corrected chi connectivity index (χ1v) is 7.74. The predicted molar refractivity (Wildman–Crippen MR) is 75.7 cm³/mol. The van der Waals surface area contributed by atoms with Gasteiger partial charge in [0.25, 0.3) is 0 Å². The minimum absolute atomic E-state index is 0.663. The lowest BCUT2D eigenvalue weighted by atomic mass is 10.1. The van der Waals surface area contributed by atoms with Crippen molar-refractivity contribution in [1.29, 1.82) is 0 Å². The van der Waals surface area contributed by atoms with Crippen molar-refractivity contribution in [3.63, 3.8) is 0 Å². The molecule has 2 heteroatoms. The lowest BCUT2D eigenvalue weighted by molar-refractivity contribution is 0.594. The van der Waals surface area contributed by atoms with Gasteiger partial charge in [-0.2, -0.15) is 0 Å². The fraction of sp³-hybridized carbons (Fsp3) is 0.833. The summed E-state index contributed by atoms with van der Waals surface area (Å²) >= 11 is 7.98. The molecule has 14 heavy (non-hydrogen) atoms. The molecule has 0 N–H and O–H groups in total. The minimum atomic E-state index is 0.663. The Morgan fingerprint density at radius 3 is 1.93 bits per heavy atom. The Bertz CT molecular complexity index is 123. The zero-order chi connectivity index (χ0) is 10.5. The van der Waals surface area contributed by atoms with Crippen LogP contribution in [0.4, 0.5) is 0 Å². The molecule has 0 aromatic rings. The van der Waals surface area contributed by atoms with Crippen molar-refractivity contribution < 1.29 is 0 Å². The Hall–Kier alpha value is 0.760. The molecule has 0 aromatic heterocycles. The van der Waals surface area contributed by atoms with E-state index in [-0.39, 0.29) is 0 Å². The van der Waals surface area contributed by atoms with E-state index in [1.54, 1.807) is 0 Å². The van der Waals surface area contributed by atoms with Gasteiger partial charge >= 0.3 is 0 Å². The molecule has 0 fully saturated rings. The molecule has 0 aromatic carbocycles. The summed E-state index contributed by atoms with van der Waals surface area (Å²) in [6.07, 6.45) is 15.3. The van der Waals surface area contributed by atoms with Gasteiger partial charge in [-0.05, 0) is 23.7 Å². The maximum absolute atomic E-state index is 5.53. The van der Waals surface area contributed by atoms with E-state index in [4.69, 9.17) is 11.6 Å². The Labute approximate surface area is 108 Å². The molecule has 0 aliphatic carbocycles. The van der Waals surface area contributed by atoms with Gasteiger partial charge in [0.15, 0.2) is 0 Å². The second-order valence-electron chi connectivity index (χ2n) is 3.58. The molecule has 0 nitrogen and oxygen atoms in total. The molecule has 0 atom stereocenters. The average Bonchev–Trinajstić information content (AvgIpc) is 2.21. The van der Waals surface area contributed by atoms with Gasteiger partial charge in [-0.15, -0.1) is 11.6 Å². The summed E-state index contributed by atoms with van der Waals surface area (Å²) in [5, 5.41) is 0. The molecular weight excluding hydrogens is 306 g/mol. The topological polar surface area (TPSA) is 0 Å². The van der Waals surface area contributed by atoms with Gasteiger partial charge in [-0.3, -0.25) is 0 Å². The fourth-order valence-corrected chi connectivity index (χ4v) is 2.09. The highest BCUT2D eigenvalue weighted by Gasteiger charge is 1.90. The number of hydrogen-bond acceptors (Lipinski definition) is 0. The summed E-state index contributed by atoms with van der Waals surface area (Å²) in [5.74, 6) is 0.663. The molecule has 0 radical (unpaired) electrons. The van der Waals surface area contributed by atoms with Crippen LogP contribution in [0.15, 0.2) is 12.2 Å². The Morgan fingerprint density at radius 2 is 1.36 bits per heavy atom. The van der Waals surface area contributed by atoms with Crippen LogP contribution in [-0.2, 0) is 0 Å². The van der Waals surface area contributed by atoms with Crippen LogP contribution < -0.4 is 0 Å². The highest BCUT2D eigenvalue weighted by atomic mass is 127. The van der Waals surface area contributed by atoms with Gasteiger partial charge in [-0.25, -0.2) is 0 Å². The average molecular weight is 329 g/mol. The molecule has 0 heterocycles. The van der Waals surface area contributed by atoms with Crippen molar-refractivity contribution in [3.8, 4) is 0 Å². The van der Waals surface area contributed by atoms with Crippen LogP contribution in [0.2, 0.25) is 0 Å². The van der Waals surface area contributed by atoms with E-state index in [0.717, 1.165) is 0 Å². The van der Waals surface area contributed by atoms with Crippen molar-refractivity contribution >= 4 is 34.2 Å². The molecule has 0 rings (SSSR count). The summed E-state index contributed by atoms with van der Waals surface area (Å²) in [6, 6.07) is 0. The largest absolute Gasteiger partial charge is 0.122 e. The Morgan fingerprint density at radius 1 is 0.786 bits per heavy atom. The lowest BCUT2D eigenvalue weighted by Gasteiger charge is -1.99. The first-order valence-electron chi connectivity index (χ1n) is 5.68. The molecule has 0 unspecified atom stereocenters. The van der Waals surface area contributed by atoms with Gasteiger partial charge < -0.3 is 0 Å². The van der Waals surface area contributed by atoms with E-state index in [1.165, 1.54) is 55.8 Å². The highest BCUT2D eigenvalue weighted by Crippen LogP contribution is 2.09. The molecule has 0 amide bonds. The molecule has 84 valence electrons. The third kappa shape index (κ3) is 12.8. The quantitative estimate of drug-likeness (QED) is 0.220. The van der Waals surface area contributed by atoms with Crippen molar-refractivity contribution in [2.24, 2.45) is 0 Å². The van der Waals surface area contributed by atoms with Crippen molar-refractivity contribution in [2.45, 2.75) is 51.4 Å². The van der Waals surface area contributed by atoms with Crippen LogP contribution in [0.3, 0.4) is 0 Å². The lowest BCUT2D eigenvalue weighted by Crippen LogP contribution is -1.80. The fourth-order valence-electron chi connectivity index (χ4n) is 1.42. The van der Waals surface area contributed by atoms with Crippen LogP contribution in [0.1, 0.15) is 51.4 Å². The van der Waals surface area contributed by atoms with Gasteiger partial charge in [0, 0.05) is 5.88 Å². The number of hydrogen-bond donors (Lipinski definition) is 0. The first kappa shape index (κ1) is 14.8. The zero-order valence-electron chi connectivity index (χ0n) is 8.98. The first-order chi connectivity index (χ1) is 6.91. The van der Waals surface area contributed by atoms with Gasteiger partial charge in [0.05, 0.1) is 0 Å². The van der Waals surface area contributed by atoms with Gasteiger partial charge in [0.2, 0.25) is 0 Å². The number of rotatable bonds is 10. The summed E-state index contributed by atoms with van der Waals surface area (Å²) in [7, 11) is 0. The van der Waals surface area contributed by atoms with Crippen molar-refractivity contribution in [1.82, 2.24) is 0 Å². The molecule has 0 saturated carbocycles. The number of halogens is 2. The maximum Gasteiger partial charge on any atom is 0.0404 e. The zero-order valence-corrected chi connectivity index (χ0v) is 11.9. The highest BCUT2D eigenvalue weighted by molar-refractivity contribution is 14.1. The van der Waals surface area contributed by atoms with E-state index < -0.39 is 0 Å². The van der Waals surface area contributed by atoms with Crippen LogP contribution in [-0.4, -0.2) is 10.3 Å². The second-order valence-corrected chi connectivity index (χ2v) is 4.97.